The molecule has 0 aliphatic carbocycles. The van der Waals surface area contributed by atoms with Gasteiger partial charge in [-0.15, -0.1) is 0 Å². The van der Waals surface area contributed by atoms with E-state index >= 15 is 0 Å². The van der Waals surface area contributed by atoms with Gasteiger partial charge in [0.2, 0.25) is 5.91 Å². The predicted molar refractivity (Wildman–Crippen MR) is 84.2 cm³/mol. The Labute approximate surface area is 132 Å². The molecule has 2 rings (SSSR count). The van der Waals surface area contributed by atoms with Gasteiger partial charge in [-0.2, -0.15) is 0 Å². The first kappa shape index (κ1) is 16.0. The maximum atomic E-state index is 12.0. The van der Waals surface area contributed by atoms with Crippen LogP contribution < -0.4 is 5.32 Å². The molecule has 0 aromatic heterocycles. The van der Waals surface area contributed by atoms with Crippen molar-refractivity contribution >= 4 is 33.5 Å². The Morgan fingerprint density at radius 3 is 2.43 bits per heavy atom. The molecule has 1 amide bonds. The number of hydrogen-bond donors (Lipinski definition) is 2. The Bertz CT molecular complexity index is 496. The number of nitrogens with one attached hydrogen (secondary N) is 1. The van der Waals surface area contributed by atoms with Crippen molar-refractivity contribution < 1.29 is 14.7 Å². The SMILES string of the molecule is O=C(O)CC1CCN(CC(=O)Nc2ccc(Br)cc2)CC1. The Morgan fingerprint density at radius 1 is 1.24 bits per heavy atom. The molecule has 21 heavy (non-hydrogen) atoms. The maximum Gasteiger partial charge on any atom is 0.303 e. The number of likely N-dealkylation sites (tertiary alicyclic amines) is 1. The highest BCUT2D eigenvalue weighted by Gasteiger charge is 2.22. The molecular formula is C15H19BrN2O3. The van der Waals surface area contributed by atoms with Crippen LogP contribution in [0.25, 0.3) is 0 Å². The van der Waals surface area contributed by atoms with Crippen LogP contribution in [-0.2, 0) is 9.59 Å². The average Bonchev–Trinajstić information content (AvgIpc) is 2.43. The van der Waals surface area contributed by atoms with Gasteiger partial charge in [-0.1, -0.05) is 15.9 Å². The Balaban J connectivity index is 1.74. The summed E-state index contributed by atoms with van der Waals surface area (Å²) < 4.78 is 0.973. The van der Waals surface area contributed by atoms with Gasteiger partial charge in [0.1, 0.15) is 0 Å². The number of nitrogens with zero attached hydrogens (tertiary/aromatic N) is 1. The van der Waals surface area contributed by atoms with Gasteiger partial charge in [0.15, 0.2) is 0 Å². The number of piperidine rings is 1. The highest BCUT2D eigenvalue weighted by molar-refractivity contribution is 9.10. The van der Waals surface area contributed by atoms with Gasteiger partial charge < -0.3 is 10.4 Å². The number of carboxylic acid groups (broad SMARTS) is 1. The fourth-order valence-corrected chi connectivity index (χ4v) is 2.80. The number of carboxylic acids is 1. The van der Waals surface area contributed by atoms with Gasteiger partial charge in [0, 0.05) is 16.6 Å². The summed E-state index contributed by atoms with van der Waals surface area (Å²) in [6.07, 6.45) is 1.93. The van der Waals surface area contributed by atoms with Gasteiger partial charge in [-0.05, 0) is 56.1 Å². The number of amides is 1. The molecule has 0 atom stereocenters. The molecule has 1 aliphatic rings. The first-order valence-corrected chi connectivity index (χ1v) is 7.82. The van der Waals surface area contributed by atoms with E-state index in [0.717, 1.165) is 36.1 Å². The minimum atomic E-state index is -0.735. The van der Waals surface area contributed by atoms with Crippen LogP contribution in [0.15, 0.2) is 28.7 Å². The number of hydrogen-bond acceptors (Lipinski definition) is 3. The quantitative estimate of drug-likeness (QED) is 0.852. The van der Waals surface area contributed by atoms with E-state index < -0.39 is 5.97 Å². The smallest absolute Gasteiger partial charge is 0.303 e. The molecule has 1 saturated heterocycles. The van der Waals surface area contributed by atoms with E-state index in [1.165, 1.54) is 0 Å². The zero-order valence-electron chi connectivity index (χ0n) is 11.7. The molecule has 114 valence electrons. The third-order valence-electron chi connectivity index (χ3n) is 3.67. The minimum absolute atomic E-state index is 0.0333. The number of halogens is 1. The van der Waals surface area contributed by atoms with Crippen LogP contribution in [0.4, 0.5) is 5.69 Å². The van der Waals surface area contributed by atoms with Crippen LogP contribution in [0.1, 0.15) is 19.3 Å². The van der Waals surface area contributed by atoms with Gasteiger partial charge in [-0.25, -0.2) is 0 Å². The average molecular weight is 355 g/mol. The van der Waals surface area contributed by atoms with Gasteiger partial charge >= 0.3 is 5.97 Å². The number of carbonyl (C=O) groups excluding carboxylic acids is 1. The van der Waals surface area contributed by atoms with Gasteiger partial charge in [0.05, 0.1) is 6.54 Å². The second-order valence-corrected chi connectivity index (χ2v) is 6.29. The summed E-state index contributed by atoms with van der Waals surface area (Å²) in [5.74, 6) is -0.524. The van der Waals surface area contributed by atoms with E-state index in [-0.39, 0.29) is 18.2 Å². The van der Waals surface area contributed by atoms with Crippen LogP contribution in [0.2, 0.25) is 0 Å². The van der Waals surface area contributed by atoms with Gasteiger partial charge in [0.25, 0.3) is 0 Å². The number of carbonyl (C=O) groups is 2. The standard InChI is InChI=1S/C15H19BrN2O3/c16-12-1-3-13(4-2-12)17-14(19)10-18-7-5-11(6-8-18)9-15(20)21/h1-4,11H,5-10H2,(H,17,19)(H,20,21). The summed E-state index contributed by atoms with van der Waals surface area (Å²) in [5, 5.41) is 11.6. The molecule has 0 bridgehead atoms. The number of rotatable bonds is 5. The highest BCUT2D eigenvalue weighted by Crippen LogP contribution is 2.20. The van der Waals surface area contributed by atoms with Crippen molar-refractivity contribution in [3.05, 3.63) is 28.7 Å². The second-order valence-electron chi connectivity index (χ2n) is 5.37. The van der Waals surface area contributed by atoms with E-state index in [0.29, 0.717) is 6.54 Å². The first-order valence-electron chi connectivity index (χ1n) is 7.02. The Morgan fingerprint density at radius 2 is 1.86 bits per heavy atom. The molecule has 5 nitrogen and oxygen atoms in total. The monoisotopic (exact) mass is 354 g/mol. The summed E-state index contributed by atoms with van der Waals surface area (Å²) in [7, 11) is 0. The first-order chi connectivity index (χ1) is 10.0. The molecule has 0 unspecified atom stereocenters. The minimum Gasteiger partial charge on any atom is -0.481 e. The van der Waals surface area contributed by atoms with E-state index in [9.17, 15) is 9.59 Å². The summed E-state index contributed by atoms with van der Waals surface area (Å²) in [4.78, 5) is 24.7. The molecule has 1 aliphatic heterocycles. The normalized spacial score (nSPS) is 16.6. The van der Waals surface area contributed by atoms with E-state index in [2.05, 4.69) is 26.1 Å². The van der Waals surface area contributed by atoms with E-state index in [1.54, 1.807) is 0 Å². The third-order valence-corrected chi connectivity index (χ3v) is 4.19. The molecule has 1 aromatic rings. The zero-order valence-corrected chi connectivity index (χ0v) is 13.3. The fourth-order valence-electron chi connectivity index (χ4n) is 2.53. The zero-order chi connectivity index (χ0) is 15.2. The largest absolute Gasteiger partial charge is 0.481 e. The Hall–Kier alpha value is -1.40. The maximum absolute atomic E-state index is 12.0. The molecule has 0 saturated carbocycles. The highest BCUT2D eigenvalue weighted by atomic mass is 79.9. The molecule has 0 radical (unpaired) electrons. The lowest BCUT2D eigenvalue weighted by molar-refractivity contribution is -0.138. The lowest BCUT2D eigenvalue weighted by atomic mass is 9.94. The van der Waals surface area contributed by atoms with Crippen LogP contribution in [-0.4, -0.2) is 41.5 Å². The number of aliphatic carboxylic acids is 1. The lowest BCUT2D eigenvalue weighted by Crippen LogP contribution is -2.39. The van der Waals surface area contributed by atoms with Crippen molar-refractivity contribution in [3.8, 4) is 0 Å². The molecule has 2 N–H and O–H groups in total. The second kappa shape index (κ2) is 7.56. The third kappa shape index (κ3) is 5.47. The van der Waals surface area contributed by atoms with Crippen molar-refractivity contribution in [2.24, 2.45) is 5.92 Å². The molecule has 0 spiro atoms. The van der Waals surface area contributed by atoms with Crippen molar-refractivity contribution in [2.75, 3.05) is 25.0 Å². The van der Waals surface area contributed by atoms with Crippen molar-refractivity contribution in [1.82, 2.24) is 4.90 Å². The number of anilines is 1. The fraction of sp³-hybridized carbons (Fsp3) is 0.467. The van der Waals surface area contributed by atoms with Crippen LogP contribution in [0.3, 0.4) is 0 Å². The molecular weight excluding hydrogens is 336 g/mol. The lowest BCUT2D eigenvalue weighted by Gasteiger charge is -2.30. The summed E-state index contributed by atoms with van der Waals surface area (Å²) in [6.45, 7) is 1.92. The van der Waals surface area contributed by atoms with E-state index in [1.807, 2.05) is 24.3 Å². The molecule has 6 heteroatoms. The molecule has 1 aromatic carbocycles. The predicted octanol–water partition coefficient (Wildman–Crippen LogP) is 2.57. The van der Waals surface area contributed by atoms with Crippen LogP contribution in [0.5, 0.6) is 0 Å². The molecule has 1 heterocycles. The topological polar surface area (TPSA) is 69.6 Å². The van der Waals surface area contributed by atoms with Crippen molar-refractivity contribution in [1.29, 1.82) is 0 Å². The van der Waals surface area contributed by atoms with E-state index in [4.69, 9.17) is 5.11 Å². The van der Waals surface area contributed by atoms with Gasteiger partial charge in [-0.3, -0.25) is 14.5 Å². The Kier molecular flexibility index (Phi) is 5.76. The van der Waals surface area contributed by atoms with Crippen molar-refractivity contribution in [2.45, 2.75) is 19.3 Å². The summed E-state index contributed by atoms with van der Waals surface area (Å²) in [6, 6.07) is 7.46. The summed E-state index contributed by atoms with van der Waals surface area (Å²) >= 11 is 3.35. The summed E-state index contributed by atoms with van der Waals surface area (Å²) in [5.41, 5.74) is 0.781. The van der Waals surface area contributed by atoms with Crippen LogP contribution >= 0.6 is 15.9 Å². The van der Waals surface area contributed by atoms with Crippen molar-refractivity contribution in [3.63, 3.8) is 0 Å². The molecule has 1 fully saturated rings. The van der Waals surface area contributed by atoms with Crippen LogP contribution in [0, 0.1) is 5.92 Å². The number of benzene rings is 1.